The Hall–Kier alpha value is -5.54. The van der Waals surface area contributed by atoms with Gasteiger partial charge < -0.3 is 9.55 Å². The topological polar surface area (TPSA) is 90.5 Å². The second-order valence-electron chi connectivity index (χ2n) is 10.6. The molecule has 0 atom stereocenters. The summed E-state index contributed by atoms with van der Waals surface area (Å²) in [7, 11) is 1.72. The minimum absolute atomic E-state index is 0.0634. The van der Waals surface area contributed by atoms with Crippen LogP contribution in [0.25, 0.3) is 11.4 Å². The van der Waals surface area contributed by atoms with Gasteiger partial charge in [0.1, 0.15) is 23.0 Å². The van der Waals surface area contributed by atoms with Gasteiger partial charge in [-0.3, -0.25) is 18.7 Å². The lowest BCUT2D eigenvalue weighted by atomic mass is 10.2. The summed E-state index contributed by atoms with van der Waals surface area (Å²) in [6.45, 7) is 7.66. The number of aromatic nitrogens is 6. The first kappa shape index (κ1) is 32.8. The van der Waals surface area contributed by atoms with Crippen molar-refractivity contribution in [3.8, 4) is 35.1 Å². The number of nitrogens with one attached hydrogen (secondary N) is 1. The monoisotopic (exact) mass is 660 g/mol. The van der Waals surface area contributed by atoms with Gasteiger partial charge >= 0.3 is 0 Å². The van der Waals surface area contributed by atoms with Crippen molar-refractivity contribution < 1.29 is 0 Å². The lowest BCUT2D eigenvalue weighted by Crippen LogP contribution is -2.16. The lowest BCUT2D eigenvalue weighted by Gasteiger charge is -2.08. The molecule has 0 aliphatic rings. The fourth-order valence-corrected chi connectivity index (χ4v) is 5.31. The molecule has 0 saturated heterocycles. The number of hydrogen-bond donors (Lipinski definition) is 1. The van der Waals surface area contributed by atoms with Gasteiger partial charge in [0, 0.05) is 52.7 Å². The Labute approximate surface area is 282 Å². The van der Waals surface area contributed by atoms with Gasteiger partial charge in [-0.1, -0.05) is 47.2 Å². The van der Waals surface area contributed by atoms with Gasteiger partial charge in [0.05, 0.1) is 22.8 Å². The number of rotatable bonds is 2. The number of benzene rings is 2. The fraction of sp³-hybridized carbons (Fsp3) is 0.135. The molecular formula is C37H30Cl2N6O2. The molecule has 8 nitrogen and oxygen atoms in total. The number of halogens is 2. The van der Waals surface area contributed by atoms with E-state index in [1.165, 1.54) is 10.6 Å². The molecule has 0 unspecified atom stereocenters. The molecule has 6 aromatic rings. The summed E-state index contributed by atoms with van der Waals surface area (Å²) in [5.74, 6) is 13.9. The van der Waals surface area contributed by atoms with E-state index in [-0.39, 0.29) is 11.1 Å². The summed E-state index contributed by atoms with van der Waals surface area (Å²) >= 11 is 11.9. The second-order valence-corrected chi connectivity index (χ2v) is 11.5. The molecule has 0 amide bonds. The second kappa shape index (κ2) is 14.3. The largest absolute Gasteiger partial charge is 0.329 e. The zero-order valence-corrected chi connectivity index (χ0v) is 27.9. The van der Waals surface area contributed by atoms with Crippen LogP contribution in [0, 0.1) is 51.4 Å². The summed E-state index contributed by atoms with van der Waals surface area (Å²) in [6.07, 6.45) is 3.36. The van der Waals surface area contributed by atoms with E-state index in [2.05, 4.69) is 38.6 Å². The van der Waals surface area contributed by atoms with Crippen molar-refractivity contribution >= 4 is 23.2 Å². The first-order valence-corrected chi connectivity index (χ1v) is 15.3. The molecule has 0 bridgehead atoms. The Morgan fingerprint density at radius 3 is 1.64 bits per heavy atom. The number of H-pyrrole nitrogens is 1. The molecule has 234 valence electrons. The van der Waals surface area contributed by atoms with Crippen molar-refractivity contribution in [3.63, 3.8) is 0 Å². The average molecular weight is 662 g/mol. The Morgan fingerprint density at radius 2 is 1.17 bits per heavy atom. The van der Waals surface area contributed by atoms with E-state index < -0.39 is 0 Å². The maximum atomic E-state index is 11.9. The maximum absolute atomic E-state index is 11.9. The van der Waals surface area contributed by atoms with Crippen molar-refractivity contribution in [1.82, 2.24) is 28.7 Å². The Kier molecular flexibility index (Phi) is 9.97. The third-order valence-corrected chi connectivity index (χ3v) is 7.68. The maximum Gasteiger partial charge on any atom is 0.252 e. The van der Waals surface area contributed by atoms with E-state index >= 15 is 0 Å². The normalized spacial score (nSPS) is 10.3. The smallest absolute Gasteiger partial charge is 0.252 e. The van der Waals surface area contributed by atoms with Crippen molar-refractivity contribution in [2.45, 2.75) is 27.7 Å². The van der Waals surface area contributed by atoms with Crippen LogP contribution in [-0.2, 0) is 7.05 Å². The van der Waals surface area contributed by atoms with Gasteiger partial charge in [-0.15, -0.1) is 0 Å². The summed E-state index contributed by atoms with van der Waals surface area (Å²) in [6, 6.07) is 21.6. The molecular weight excluding hydrogens is 631 g/mol. The summed E-state index contributed by atoms with van der Waals surface area (Å²) in [5, 5.41) is 1.30. The van der Waals surface area contributed by atoms with Gasteiger partial charge in [-0.2, -0.15) is 0 Å². The van der Waals surface area contributed by atoms with E-state index in [1.807, 2.05) is 97.5 Å². The van der Waals surface area contributed by atoms with Crippen LogP contribution < -0.4 is 11.1 Å². The van der Waals surface area contributed by atoms with Crippen LogP contribution in [0.5, 0.6) is 0 Å². The zero-order chi connectivity index (χ0) is 33.7. The van der Waals surface area contributed by atoms with Crippen molar-refractivity contribution in [1.29, 1.82) is 0 Å². The van der Waals surface area contributed by atoms with Crippen molar-refractivity contribution in [2.75, 3.05) is 0 Å². The first-order chi connectivity index (χ1) is 22.5. The SMILES string of the molecule is Cc1nc(C#Cc2cccc(Cl)c2)c(C)n1-c1cc[nH]c(=O)c1.Cc1nc(C#Cc2cccc(Cl)c2)c(C)n1-c1ccn(C)c(=O)c1. The van der Waals surface area contributed by atoms with E-state index in [0.717, 1.165) is 45.5 Å². The Bertz CT molecular complexity index is 2360. The Balaban J connectivity index is 0.000000185. The average Bonchev–Trinajstić information content (AvgIpc) is 3.48. The molecule has 0 saturated carbocycles. The predicted octanol–water partition coefficient (Wildman–Crippen LogP) is 6.47. The molecule has 0 radical (unpaired) electrons. The number of aromatic amines is 1. The van der Waals surface area contributed by atoms with Crippen molar-refractivity contribution in [3.05, 3.63) is 161 Å². The number of nitrogens with zero attached hydrogens (tertiary/aromatic N) is 5. The molecule has 6 rings (SSSR count). The highest BCUT2D eigenvalue weighted by Crippen LogP contribution is 2.18. The zero-order valence-electron chi connectivity index (χ0n) is 26.4. The molecule has 0 aliphatic heterocycles. The van der Waals surface area contributed by atoms with Gasteiger partial charge in [-0.05, 0) is 88.1 Å². The molecule has 4 heterocycles. The predicted molar refractivity (Wildman–Crippen MR) is 187 cm³/mol. The molecule has 0 fully saturated rings. The number of pyridine rings is 2. The third-order valence-electron chi connectivity index (χ3n) is 7.21. The quantitative estimate of drug-likeness (QED) is 0.216. The van der Waals surface area contributed by atoms with Gasteiger partial charge in [0.25, 0.3) is 5.56 Å². The third kappa shape index (κ3) is 7.82. The number of aryl methyl sites for hydroxylation is 3. The fourth-order valence-electron chi connectivity index (χ4n) is 4.93. The molecule has 0 aliphatic carbocycles. The highest BCUT2D eigenvalue weighted by atomic mass is 35.5. The highest BCUT2D eigenvalue weighted by molar-refractivity contribution is 6.31. The van der Waals surface area contributed by atoms with Gasteiger partial charge in [0.2, 0.25) is 5.56 Å². The van der Waals surface area contributed by atoms with Crippen LogP contribution in [0.1, 0.15) is 45.6 Å². The number of imidazole rings is 2. The standard InChI is InChI=1S/C19H16ClN3O.C18H14ClN3O/c1-13-18(8-7-15-5-4-6-16(20)11-15)21-14(2)23(13)17-9-10-22(3)19(24)12-17;1-12-17(7-6-14-4-3-5-15(19)10-14)21-13(2)22(12)16-8-9-20-18(23)11-16/h4-6,9-12H,1-3H3;3-5,8-11H,1-2H3,(H,20,23). The highest BCUT2D eigenvalue weighted by Gasteiger charge is 2.12. The van der Waals surface area contributed by atoms with E-state index in [4.69, 9.17) is 23.2 Å². The summed E-state index contributed by atoms with van der Waals surface area (Å²) in [4.78, 5) is 35.0. The minimum Gasteiger partial charge on any atom is -0.329 e. The van der Waals surface area contributed by atoms with E-state index in [9.17, 15) is 9.59 Å². The van der Waals surface area contributed by atoms with Crippen LogP contribution >= 0.6 is 23.2 Å². The van der Waals surface area contributed by atoms with Crippen LogP contribution in [0.4, 0.5) is 0 Å². The van der Waals surface area contributed by atoms with Crippen LogP contribution in [0.15, 0.2) is 94.8 Å². The molecule has 4 aromatic heterocycles. The molecule has 47 heavy (non-hydrogen) atoms. The van der Waals surface area contributed by atoms with E-state index in [1.54, 1.807) is 25.5 Å². The summed E-state index contributed by atoms with van der Waals surface area (Å²) < 4.78 is 5.38. The minimum atomic E-state index is -0.151. The van der Waals surface area contributed by atoms with Crippen LogP contribution in [0.2, 0.25) is 10.0 Å². The summed E-state index contributed by atoms with van der Waals surface area (Å²) in [5.41, 5.74) is 6.17. The van der Waals surface area contributed by atoms with Crippen LogP contribution in [0.3, 0.4) is 0 Å². The Morgan fingerprint density at radius 1 is 0.660 bits per heavy atom. The molecule has 2 aromatic carbocycles. The van der Waals surface area contributed by atoms with Crippen LogP contribution in [-0.4, -0.2) is 28.7 Å². The molecule has 0 spiro atoms. The lowest BCUT2D eigenvalue weighted by molar-refractivity contribution is 0.843. The molecule has 1 N–H and O–H groups in total. The molecule has 10 heteroatoms. The van der Waals surface area contributed by atoms with Gasteiger partial charge in [0.15, 0.2) is 0 Å². The number of hydrogen-bond acceptors (Lipinski definition) is 4. The van der Waals surface area contributed by atoms with Crippen molar-refractivity contribution in [2.24, 2.45) is 7.05 Å². The first-order valence-electron chi connectivity index (χ1n) is 14.5. The van der Waals surface area contributed by atoms with E-state index in [0.29, 0.717) is 21.4 Å². The van der Waals surface area contributed by atoms with Gasteiger partial charge in [-0.25, -0.2) is 9.97 Å².